The molecule has 1 aliphatic rings. The zero-order valence-electron chi connectivity index (χ0n) is 22.2. The highest BCUT2D eigenvalue weighted by Crippen LogP contribution is 2.34. The molecule has 0 saturated carbocycles. The van der Waals surface area contributed by atoms with Gasteiger partial charge in [-0.15, -0.1) is 0 Å². The molecule has 0 aliphatic carbocycles. The Morgan fingerprint density at radius 1 is 0.707 bits per heavy atom. The van der Waals surface area contributed by atoms with Gasteiger partial charge in [0, 0.05) is 7.11 Å². The van der Waals surface area contributed by atoms with Gasteiger partial charge in [0.05, 0.1) is 26.4 Å². The third kappa shape index (κ3) is 8.58. The summed E-state index contributed by atoms with van der Waals surface area (Å²) in [7, 11) is -4.87. The van der Waals surface area contributed by atoms with Crippen LogP contribution < -0.4 is 0 Å². The molecule has 3 aromatic carbocycles. The topological polar surface area (TPSA) is 89.5 Å². The standard InChI is InChI=1S/C29H31F3O8S/c1-35-28-27(40-41(33,34)29(30,31)32)26(38-19-23-15-9-4-10-16-23)25(37-18-22-13-7-3-8-14-22)24(39-28)20-36-17-21-11-5-2-6-12-21/h2-16,24-28H,17-20H2,1H3. The molecule has 1 saturated heterocycles. The fraction of sp³-hybridized carbons (Fsp3) is 0.379. The molecule has 12 heteroatoms. The molecule has 0 aromatic heterocycles. The van der Waals surface area contributed by atoms with Crippen LogP contribution >= 0.6 is 0 Å². The first kappa shape index (κ1) is 31.1. The number of hydrogen-bond acceptors (Lipinski definition) is 8. The van der Waals surface area contributed by atoms with Gasteiger partial charge in [-0.25, -0.2) is 0 Å². The van der Waals surface area contributed by atoms with Crippen molar-refractivity contribution >= 4 is 10.1 Å². The second kappa shape index (κ2) is 14.4. The Morgan fingerprint density at radius 2 is 1.17 bits per heavy atom. The molecule has 0 spiro atoms. The van der Waals surface area contributed by atoms with Gasteiger partial charge in [-0.05, 0) is 16.7 Å². The number of ether oxygens (including phenoxy) is 5. The molecule has 3 aromatic rings. The Morgan fingerprint density at radius 3 is 1.63 bits per heavy atom. The maximum absolute atomic E-state index is 13.4. The lowest BCUT2D eigenvalue weighted by Gasteiger charge is -2.45. The van der Waals surface area contributed by atoms with Crippen LogP contribution in [-0.4, -0.2) is 58.3 Å². The minimum Gasteiger partial charge on any atom is -0.374 e. The summed E-state index contributed by atoms with van der Waals surface area (Å²) in [5.41, 5.74) is -3.31. The summed E-state index contributed by atoms with van der Waals surface area (Å²) in [6.07, 6.45) is -6.77. The fourth-order valence-corrected chi connectivity index (χ4v) is 4.90. The molecule has 1 fully saturated rings. The summed E-state index contributed by atoms with van der Waals surface area (Å²) >= 11 is 0. The van der Waals surface area contributed by atoms with Crippen molar-refractivity contribution < 1.29 is 49.5 Å². The number of rotatable bonds is 13. The summed E-state index contributed by atoms with van der Waals surface area (Å²) < 4.78 is 98.4. The highest BCUT2D eigenvalue weighted by molar-refractivity contribution is 7.87. The molecule has 4 rings (SSSR count). The Balaban J connectivity index is 1.64. The van der Waals surface area contributed by atoms with E-state index in [1.165, 1.54) is 7.11 Å². The largest absolute Gasteiger partial charge is 0.523 e. The Bertz CT molecular complexity index is 1290. The van der Waals surface area contributed by atoms with Crippen molar-refractivity contribution in [3.63, 3.8) is 0 Å². The lowest BCUT2D eigenvalue weighted by Crippen LogP contribution is -2.62. The lowest BCUT2D eigenvalue weighted by atomic mass is 9.98. The van der Waals surface area contributed by atoms with Crippen molar-refractivity contribution in [3.05, 3.63) is 108 Å². The third-order valence-corrected chi connectivity index (χ3v) is 7.35. The quantitative estimate of drug-likeness (QED) is 0.202. The molecule has 0 N–H and O–H groups in total. The summed E-state index contributed by atoms with van der Waals surface area (Å²) in [6.45, 7) is 0.127. The van der Waals surface area contributed by atoms with E-state index in [0.29, 0.717) is 5.56 Å². The van der Waals surface area contributed by atoms with Gasteiger partial charge >= 0.3 is 15.6 Å². The predicted octanol–water partition coefficient (Wildman–Crippen LogP) is 4.98. The Hall–Kier alpha value is -2.84. The first-order valence-corrected chi connectivity index (χ1v) is 14.2. The van der Waals surface area contributed by atoms with Gasteiger partial charge < -0.3 is 23.7 Å². The van der Waals surface area contributed by atoms with Crippen LogP contribution in [0.1, 0.15) is 16.7 Å². The first-order valence-electron chi connectivity index (χ1n) is 12.8. The van der Waals surface area contributed by atoms with Crippen molar-refractivity contribution in [1.82, 2.24) is 0 Å². The van der Waals surface area contributed by atoms with Gasteiger partial charge in [-0.2, -0.15) is 21.6 Å². The summed E-state index contributed by atoms with van der Waals surface area (Å²) in [5.74, 6) is 0. The van der Waals surface area contributed by atoms with Gasteiger partial charge in [-0.1, -0.05) is 91.0 Å². The molecule has 0 radical (unpaired) electrons. The fourth-order valence-electron chi connectivity index (χ4n) is 4.30. The molecule has 1 heterocycles. The predicted molar refractivity (Wildman–Crippen MR) is 142 cm³/mol. The monoisotopic (exact) mass is 596 g/mol. The van der Waals surface area contributed by atoms with E-state index in [0.717, 1.165) is 11.1 Å². The molecule has 1 aliphatic heterocycles. The molecule has 8 nitrogen and oxygen atoms in total. The van der Waals surface area contributed by atoms with Crippen LogP contribution in [0.4, 0.5) is 13.2 Å². The zero-order chi connectivity index (χ0) is 29.3. The van der Waals surface area contributed by atoms with Crippen molar-refractivity contribution in [2.75, 3.05) is 13.7 Å². The SMILES string of the molecule is COC1OC(COCc2ccccc2)C(OCc2ccccc2)C(OCc2ccccc2)C1OS(=O)(=O)C(F)(F)F. The van der Waals surface area contributed by atoms with Gasteiger partial charge in [0.2, 0.25) is 0 Å². The van der Waals surface area contributed by atoms with Crippen molar-refractivity contribution in [2.24, 2.45) is 0 Å². The minimum atomic E-state index is -6.04. The number of alkyl halides is 3. The molecule has 222 valence electrons. The maximum Gasteiger partial charge on any atom is 0.523 e. The van der Waals surface area contributed by atoms with Gasteiger partial charge in [0.25, 0.3) is 0 Å². The third-order valence-electron chi connectivity index (χ3n) is 6.31. The van der Waals surface area contributed by atoms with Crippen LogP contribution in [-0.2, 0) is 57.8 Å². The van der Waals surface area contributed by atoms with Crippen molar-refractivity contribution in [3.8, 4) is 0 Å². The van der Waals surface area contributed by atoms with E-state index in [2.05, 4.69) is 0 Å². The van der Waals surface area contributed by atoms with Gasteiger partial charge in [-0.3, -0.25) is 4.18 Å². The minimum absolute atomic E-state index is 0.0334. The molecule has 41 heavy (non-hydrogen) atoms. The Labute approximate surface area is 237 Å². The van der Waals surface area contributed by atoms with Crippen LogP contribution in [0.25, 0.3) is 0 Å². The van der Waals surface area contributed by atoms with Gasteiger partial charge in [0.1, 0.15) is 18.3 Å². The maximum atomic E-state index is 13.4. The van der Waals surface area contributed by atoms with Crippen LogP contribution in [0.15, 0.2) is 91.0 Å². The second-order valence-corrected chi connectivity index (χ2v) is 10.8. The lowest BCUT2D eigenvalue weighted by molar-refractivity contribution is -0.308. The summed E-state index contributed by atoms with van der Waals surface area (Å²) in [4.78, 5) is 0. The molecule has 5 atom stereocenters. The molecule has 0 bridgehead atoms. The highest BCUT2D eigenvalue weighted by atomic mass is 32.2. The zero-order valence-corrected chi connectivity index (χ0v) is 23.0. The smallest absolute Gasteiger partial charge is 0.374 e. The van der Waals surface area contributed by atoms with Crippen LogP contribution in [0, 0.1) is 0 Å². The number of halogens is 3. The normalized spacial score (nSPS) is 23.4. The molecule has 5 unspecified atom stereocenters. The molecule has 0 amide bonds. The van der Waals surface area contributed by atoms with E-state index < -0.39 is 46.3 Å². The first-order chi connectivity index (χ1) is 19.7. The van der Waals surface area contributed by atoms with E-state index >= 15 is 0 Å². The van der Waals surface area contributed by atoms with E-state index in [-0.39, 0.29) is 26.4 Å². The average molecular weight is 597 g/mol. The molecular weight excluding hydrogens is 565 g/mol. The van der Waals surface area contributed by atoms with E-state index in [1.807, 2.05) is 60.7 Å². The van der Waals surface area contributed by atoms with Gasteiger partial charge in [0.15, 0.2) is 12.4 Å². The molecular formula is C29H31F3O8S. The van der Waals surface area contributed by atoms with Crippen LogP contribution in [0.3, 0.4) is 0 Å². The van der Waals surface area contributed by atoms with E-state index in [9.17, 15) is 21.6 Å². The van der Waals surface area contributed by atoms with Crippen LogP contribution in [0.2, 0.25) is 0 Å². The summed E-state index contributed by atoms with van der Waals surface area (Å²) in [5, 5.41) is 0. The Kier molecular flexibility index (Phi) is 10.9. The number of benzene rings is 3. The second-order valence-electron chi connectivity index (χ2n) is 9.26. The van der Waals surface area contributed by atoms with Crippen molar-refractivity contribution in [2.45, 2.75) is 56.0 Å². The van der Waals surface area contributed by atoms with Crippen LogP contribution in [0.5, 0.6) is 0 Å². The number of hydrogen-bond donors (Lipinski definition) is 0. The van der Waals surface area contributed by atoms with E-state index in [1.54, 1.807) is 30.3 Å². The highest BCUT2D eigenvalue weighted by Gasteiger charge is 2.55. The van der Waals surface area contributed by atoms with E-state index in [4.69, 9.17) is 27.9 Å². The number of methoxy groups -OCH3 is 1. The average Bonchev–Trinajstić information content (AvgIpc) is 2.97. The van der Waals surface area contributed by atoms with Crippen molar-refractivity contribution in [1.29, 1.82) is 0 Å². The summed E-state index contributed by atoms with van der Waals surface area (Å²) in [6, 6.07) is 27.3.